The van der Waals surface area contributed by atoms with Gasteiger partial charge in [0, 0.05) is 5.57 Å². The molecule has 1 N–H and O–H groups in total. The lowest BCUT2D eigenvalue weighted by Gasteiger charge is -2.37. The molecule has 4 heterocycles. The van der Waals surface area contributed by atoms with Crippen LogP contribution in [0.5, 0.6) is 0 Å². The van der Waals surface area contributed by atoms with Crippen molar-refractivity contribution in [2.24, 2.45) is 0 Å². The smallest absolute Gasteiger partial charge is 0.247 e. The molecule has 4 aliphatic rings. The van der Waals surface area contributed by atoms with E-state index in [9.17, 15) is 4.79 Å². The molecule has 0 saturated carbocycles. The Morgan fingerprint density at radius 3 is 2.65 bits per heavy atom. The minimum atomic E-state index is -0.756. The van der Waals surface area contributed by atoms with Crippen LogP contribution < -0.4 is 5.32 Å². The highest BCUT2D eigenvalue weighted by Gasteiger charge is 2.60. The summed E-state index contributed by atoms with van der Waals surface area (Å²) in [7, 11) is 0. The fraction of sp³-hybridized carbons (Fsp3) is 0.667. The van der Waals surface area contributed by atoms with Gasteiger partial charge in [0.2, 0.25) is 5.91 Å². The molecule has 0 bridgehead atoms. The number of aromatic nitrogens is 3. The van der Waals surface area contributed by atoms with E-state index in [2.05, 4.69) is 15.6 Å². The van der Waals surface area contributed by atoms with Crippen LogP contribution in [-0.2, 0) is 41.6 Å². The molecule has 31 heavy (non-hydrogen) atoms. The first-order chi connectivity index (χ1) is 14.7. The van der Waals surface area contributed by atoms with Crippen LogP contribution in [0.4, 0.5) is 0 Å². The Bertz CT molecular complexity index is 923. The largest absolute Gasteiger partial charge is 0.347 e. The second-order valence-corrected chi connectivity index (χ2v) is 9.15. The van der Waals surface area contributed by atoms with E-state index >= 15 is 0 Å². The highest BCUT2D eigenvalue weighted by atomic mass is 16.9. The maximum absolute atomic E-state index is 12.1. The summed E-state index contributed by atoms with van der Waals surface area (Å²) in [5.41, 5.74) is 1.40. The number of carbonyl (C=O) groups is 1. The Morgan fingerprint density at radius 1 is 1.13 bits per heavy atom. The molecule has 1 aliphatic carbocycles. The van der Waals surface area contributed by atoms with E-state index in [-0.39, 0.29) is 30.3 Å². The van der Waals surface area contributed by atoms with Gasteiger partial charge in [-0.05, 0) is 34.1 Å². The molecule has 10 nitrogen and oxygen atoms in total. The van der Waals surface area contributed by atoms with Crippen molar-refractivity contribution in [1.82, 2.24) is 20.3 Å². The molecule has 5 rings (SSSR count). The summed E-state index contributed by atoms with van der Waals surface area (Å²) in [6.45, 7) is 8.18. The molecule has 1 aromatic heterocycles. The van der Waals surface area contributed by atoms with Crippen molar-refractivity contribution in [2.75, 3.05) is 0 Å². The molecular formula is C21H28N4O6. The van der Waals surface area contributed by atoms with Crippen LogP contribution >= 0.6 is 0 Å². The Labute approximate surface area is 180 Å². The van der Waals surface area contributed by atoms with Crippen LogP contribution in [0.25, 0.3) is 0 Å². The zero-order valence-electron chi connectivity index (χ0n) is 18.1. The first-order valence-electron chi connectivity index (χ1n) is 10.6. The van der Waals surface area contributed by atoms with E-state index in [0.717, 1.165) is 5.57 Å². The molecule has 1 amide bonds. The summed E-state index contributed by atoms with van der Waals surface area (Å²) in [5, 5.41) is 11.2. The highest BCUT2D eigenvalue weighted by molar-refractivity contribution is 5.94. The summed E-state index contributed by atoms with van der Waals surface area (Å²) in [5.74, 6) is -1.60. The number of hydrogen-bond acceptors (Lipinski definition) is 8. The first-order valence-corrected chi connectivity index (χ1v) is 10.6. The SMILES string of the molecule is CC1(C)O[C@H]2[C@@H](O1)[C@@H](Cn1cc(CNC(=O)C3=CC=CC3)nn1)O[C@@H]1OC(C)(C)O[C@@H]12. The molecule has 3 fully saturated rings. The third-order valence-electron chi connectivity index (χ3n) is 5.70. The van der Waals surface area contributed by atoms with Gasteiger partial charge in [0.15, 0.2) is 17.9 Å². The third kappa shape index (κ3) is 4.18. The van der Waals surface area contributed by atoms with Crippen LogP contribution in [0.15, 0.2) is 30.0 Å². The standard InChI is InChI=1S/C21H28N4O6/c1-20(2)28-15-14(27-19-17(16(15)29-20)30-21(3,4)31-19)11-25-10-13(23-24-25)9-22-18(26)12-7-5-6-8-12/h5-7,10,14-17,19H,8-9,11H2,1-4H3,(H,22,26)/t14-,15+,16+,17-,19-/m1/s1. The van der Waals surface area contributed by atoms with E-state index in [0.29, 0.717) is 25.2 Å². The van der Waals surface area contributed by atoms with Gasteiger partial charge in [0.05, 0.1) is 19.3 Å². The fourth-order valence-corrected chi connectivity index (χ4v) is 4.43. The van der Waals surface area contributed by atoms with Gasteiger partial charge in [-0.15, -0.1) is 5.10 Å². The molecular weight excluding hydrogens is 404 g/mol. The Morgan fingerprint density at radius 2 is 1.87 bits per heavy atom. The molecule has 0 aromatic carbocycles. The lowest BCUT2D eigenvalue weighted by molar-refractivity contribution is -0.236. The van der Waals surface area contributed by atoms with Crippen molar-refractivity contribution in [3.05, 3.63) is 35.7 Å². The van der Waals surface area contributed by atoms with Crippen LogP contribution in [0.2, 0.25) is 0 Å². The topological polar surface area (TPSA) is 106 Å². The lowest BCUT2D eigenvalue weighted by Crippen LogP contribution is -2.56. The molecule has 0 unspecified atom stereocenters. The minimum absolute atomic E-state index is 0.0937. The molecule has 5 atom stereocenters. The number of ether oxygens (including phenoxy) is 5. The second-order valence-electron chi connectivity index (χ2n) is 9.15. The van der Waals surface area contributed by atoms with Crippen LogP contribution in [0, 0.1) is 0 Å². The molecule has 168 valence electrons. The number of hydrogen-bond donors (Lipinski definition) is 1. The van der Waals surface area contributed by atoms with Gasteiger partial charge in [-0.3, -0.25) is 4.79 Å². The molecule has 10 heteroatoms. The summed E-state index contributed by atoms with van der Waals surface area (Å²) in [6, 6.07) is 0. The Hall–Kier alpha value is -2.11. The maximum atomic E-state index is 12.1. The van der Waals surface area contributed by atoms with E-state index in [1.165, 1.54) is 0 Å². The Balaban J connectivity index is 1.25. The number of rotatable bonds is 5. The first kappa shape index (κ1) is 20.8. The maximum Gasteiger partial charge on any atom is 0.247 e. The molecule has 3 saturated heterocycles. The van der Waals surface area contributed by atoms with Crippen molar-refractivity contribution in [3.63, 3.8) is 0 Å². The molecule has 0 spiro atoms. The third-order valence-corrected chi connectivity index (χ3v) is 5.70. The zero-order chi connectivity index (χ0) is 21.8. The highest BCUT2D eigenvalue weighted by Crippen LogP contribution is 2.44. The van der Waals surface area contributed by atoms with Crippen molar-refractivity contribution in [2.45, 2.75) is 89.5 Å². The number of nitrogens with zero attached hydrogens (tertiary/aromatic N) is 3. The van der Waals surface area contributed by atoms with Gasteiger partial charge in [0.25, 0.3) is 0 Å². The van der Waals surface area contributed by atoms with E-state index in [1.807, 2.05) is 45.9 Å². The van der Waals surface area contributed by atoms with Gasteiger partial charge >= 0.3 is 0 Å². The monoisotopic (exact) mass is 432 g/mol. The van der Waals surface area contributed by atoms with Crippen molar-refractivity contribution in [3.8, 4) is 0 Å². The normalized spacial score (nSPS) is 35.0. The van der Waals surface area contributed by atoms with Crippen molar-refractivity contribution < 1.29 is 28.5 Å². The number of carbonyl (C=O) groups excluding carboxylic acids is 1. The minimum Gasteiger partial charge on any atom is -0.347 e. The van der Waals surface area contributed by atoms with Crippen molar-refractivity contribution >= 4 is 5.91 Å². The average molecular weight is 432 g/mol. The van der Waals surface area contributed by atoms with Gasteiger partial charge in [-0.25, -0.2) is 4.68 Å². The quantitative estimate of drug-likeness (QED) is 0.739. The van der Waals surface area contributed by atoms with Gasteiger partial charge in [0.1, 0.15) is 30.1 Å². The molecule has 0 radical (unpaired) electrons. The van der Waals surface area contributed by atoms with Gasteiger partial charge in [-0.1, -0.05) is 23.4 Å². The molecule has 1 aromatic rings. The number of nitrogens with one attached hydrogen (secondary N) is 1. The summed E-state index contributed by atoms with van der Waals surface area (Å²) in [6.07, 6.45) is 6.19. The zero-order valence-corrected chi connectivity index (χ0v) is 18.1. The van der Waals surface area contributed by atoms with Crippen LogP contribution in [-0.4, -0.2) is 63.2 Å². The van der Waals surface area contributed by atoms with Crippen LogP contribution in [0.1, 0.15) is 39.8 Å². The van der Waals surface area contributed by atoms with E-state index < -0.39 is 17.9 Å². The predicted molar refractivity (Wildman–Crippen MR) is 106 cm³/mol. The summed E-state index contributed by atoms with van der Waals surface area (Å²) >= 11 is 0. The second kappa shape index (κ2) is 7.49. The number of fused-ring (bicyclic) bond motifs is 3. The van der Waals surface area contributed by atoms with Gasteiger partial charge < -0.3 is 29.0 Å². The van der Waals surface area contributed by atoms with Gasteiger partial charge in [-0.2, -0.15) is 0 Å². The van der Waals surface area contributed by atoms with Crippen LogP contribution in [0.3, 0.4) is 0 Å². The summed E-state index contributed by atoms with van der Waals surface area (Å²) in [4.78, 5) is 12.1. The Kier molecular flexibility index (Phi) is 5.02. The molecule has 3 aliphatic heterocycles. The number of amides is 1. The number of allylic oxidation sites excluding steroid dienone is 3. The average Bonchev–Trinajstić information content (AvgIpc) is 3.45. The van der Waals surface area contributed by atoms with E-state index in [4.69, 9.17) is 23.7 Å². The fourth-order valence-electron chi connectivity index (χ4n) is 4.43. The lowest BCUT2D eigenvalue weighted by atomic mass is 9.99. The predicted octanol–water partition coefficient (Wildman–Crippen LogP) is 1.18. The van der Waals surface area contributed by atoms with Crippen molar-refractivity contribution in [1.29, 1.82) is 0 Å². The summed E-state index contributed by atoms with van der Waals surface area (Å²) < 4.78 is 32.1. The van der Waals surface area contributed by atoms with E-state index in [1.54, 1.807) is 10.9 Å².